The number of hydrogen-bond donors (Lipinski definition) is 2. The Morgan fingerprint density at radius 1 is 0.736 bits per heavy atom. The Bertz CT molecular complexity index is 1590. The zero-order valence-corrected chi connectivity index (χ0v) is 31.7. The van der Waals surface area contributed by atoms with Crippen molar-refractivity contribution in [3.63, 3.8) is 0 Å². The van der Waals surface area contributed by atoms with Gasteiger partial charge in [0.1, 0.15) is 17.2 Å². The van der Waals surface area contributed by atoms with Crippen molar-refractivity contribution in [1.29, 1.82) is 0 Å². The molecule has 9 heteroatoms. The molecule has 0 saturated carbocycles. The number of hydrogen-bond acceptors (Lipinski definition) is 6. The van der Waals surface area contributed by atoms with Gasteiger partial charge in [-0.2, -0.15) is 0 Å². The number of ether oxygens (including phenoxy) is 2. The second-order valence-corrected chi connectivity index (χ2v) is 15.2. The van der Waals surface area contributed by atoms with Crippen LogP contribution < -0.4 is 0 Å². The first-order chi connectivity index (χ1) is 25.3. The molecule has 0 aliphatic carbocycles. The summed E-state index contributed by atoms with van der Waals surface area (Å²) < 4.78 is 42.4. The van der Waals surface area contributed by atoms with E-state index >= 15 is 0 Å². The lowest BCUT2D eigenvalue weighted by Crippen LogP contribution is -2.60. The van der Waals surface area contributed by atoms with Gasteiger partial charge in [-0.05, 0) is 80.3 Å². The standard InChI is InChI=1S/C44H56F2N2O5/c1-32(2)21-22-39(50)29-48(43(51)53-44(3,4)5)41(30-49)42(52-31-35-19-13-8-14-20-35)40(25-36-23-37(45)26-38(46)24-36)47(27-33-15-9-6-10-16-33)28-34-17-11-7-12-18-34/h6-20,23-24,26,32,39-42,49-50H,21-22,25,27-31H2,1-5H3/t39-,40-,41+,42-/m0/s1. The van der Waals surface area contributed by atoms with Gasteiger partial charge in [-0.3, -0.25) is 9.80 Å². The van der Waals surface area contributed by atoms with Gasteiger partial charge in [0.15, 0.2) is 0 Å². The number of rotatable bonds is 19. The average Bonchev–Trinajstić information content (AvgIpc) is 3.11. The quantitative estimate of drug-likeness (QED) is 0.101. The van der Waals surface area contributed by atoms with Crippen LogP contribution in [-0.4, -0.2) is 69.2 Å². The van der Waals surface area contributed by atoms with E-state index in [2.05, 4.69) is 18.7 Å². The third-order valence-electron chi connectivity index (χ3n) is 9.04. The lowest BCUT2D eigenvalue weighted by molar-refractivity contribution is -0.0946. The molecule has 0 bridgehead atoms. The summed E-state index contributed by atoms with van der Waals surface area (Å²) in [7, 11) is 0. The molecule has 0 aliphatic rings. The highest BCUT2D eigenvalue weighted by molar-refractivity contribution is 5.68. The van der Waals surface area contributed by atoms with Crippen molar-refractivity contribution in [2.75, 3.05) is 13.2 Å². The molecular weight excluding hydrogens is 674 g/mol. The van der Waals surface area contributed by atoms with Crippen LogP contribution in [0.5, 0.6) is 0 Å². The molecule has 4 aromatic carbocycles. The zero-order valence-electron chi connectivity index (χ0n) is 31.7. The fourth-order valence-electron chi connectivity index (χ4n) is 6.48. The highest BCUT2D eigenvalue weighted by Gasteiger charge is 2.41. The molecule has 7 nitrogen and oxygen atoms in total. The van der Waals surface area contributed by atoms with Gasteiger partial charge < -0.3 is 19.7 Å². The number of benzene rings is 4. The topological polar surface area (TPSA) is 82.5 Å². The Hall–Kier alpha value is -4.15. The van der Waals surface area contributed by atoms with Crippen molar-refractivity contribution in [2.45, 2.75) is 103 Å². The molecule has 0 radical (unpaired) electrons. The maximum Gasteiger partial charge on any atom is 0.410 e. The minimum atomic E-state index is -1.03. The minimum Gasteiger partial charge on any atom is -0.444 e. The van der Waals surface area contributed by atoms with Crippen LogP contribution in [0.15, 0.2) is 109 Å². The highest BCUT2D eigenvalue weighted by atomic mass is 19.1. The fourth-order valence-corrected chi connectivity index (χ4v) is 6.48. The molecule has 4 aromatic rings. The van der Waals surface area contributed by atoms with Crippen LogP contribution >= 0.6 is 0 Å². The normalized spacial score (nSPS) is 14.2. The molecule has 286 valence electrons. The van der Waals surface area contributed by atoms with Crippen LogP contribution in [0.4, 0.5) is 13.6 Å². The predicted molar refractivity (Wildman–Crippen MR) is 205 cm³/mol. The van der Waals surface area contributed by atoms with Gasteiger partial charge in [-0.25, -0.2) is 13.6 Å². The lowest BCUT2D eigenvalue weighted by Gasteiger charge is -2.44. The molecule has 0 fully saturated rings. The first-order valence-corrected chi connectivity index (χ1v) is 18.5. The fraction of sp³-hybridized carbons (Fsp3) is 0.432. The first-order valence-electron chi connectivity index (χ1n) is 18.5. The van der Waals surface area contributed by atoms with Crippen molar-refractivity contribution < 1.29 is 33.3 Å². The van der Waals surface area contributed by atoms with E-state index in [9.17, 15) is 23.8 Å². The molecule has 53 heavy (non-hydrogen) atoms. The van der Waals surface area contributed by atoms with Crippen molar-refractivity contribution in [3.8, 4) is 0 Å². The average molecular weight is 731 g/mol. The molecule has 2 N–H and O–H groups in total. The van der Waals surface area contributed by atoms with Gasteiger partial charge in [0.2, 0.25) is 0 Å². The Balaban J connectivity index is 1.90. The van der Waals surface area contributed by atoms with Gasteiger partial charge in [0.05, 0.1) is 38.0 Å². The summed E-state index contributed by atoms with van der Waals surface area (Å²) in [5.41, 5.74) is 2.38. The third kappa shape index (κ3) is 14.0. The van der Waals surface area contributed by atoms with Crippen molar-refractivity contribution in [2.24, 2.45) is 5.92 Å². The van der Waals surface area contributed by atoms with Crippen LogP contribution in [0.2, 0.25) is 0 Å². The van der Waals surface area contributed by atoms with Crippen molar-refractivity contribution in [1.82, 2.24) is 9.80 Å². The molecule has 4 atom stereocenters. The van der Waals surface area contributed by atoms with Gasteiger partial charge >= 0.3 is 6.09 Å². The second kappa shape index (κ2) is 20.3. The van der Waals surface area contributed by atoms with Crippen molar-refractivity contribution in [3.05, 3.63) is 143 Å². The minimum absolute atomic E-state index is 0.113. The first kappa shape index (κ1) is 41.6. The zero-order chi connectivity index (χ0) is 38.4. The summed E-state index contributed by atoms with van der Waals surface area (Å²) in [6.45, 7) is 9.74. The smallest absolute Gasteiger partial charge is 0.410 e. The number of carbonyl (C=O) groups excluding carboxylic acids is 1. The Morgan fingerprint density at radius 2 is 1.25 bits per heavy atom. The van der Waals surface area contributed by atoms with Gasteiger partial charge in [-0.15, -0.1) is 0 Å². The van der Waals surface area contributed by atoms with Gasteiger partial charge in [0, 0.05) is 25.2 Å². The molecule has 0 saturated heterocycles. The molecular formula is C44H56F2N2O5. The van der Waals surface area contributed by atoms with Crippen LogP contribution in [0.3, 0.4) is 0 Å². The summed E-state index contributed by atoms with van der Waals surface area (Å²) in [4.78, 5) is 17.7. The van der Waals surface area contributed by atoms with Crippen molar-refractivity contribution >= 4 is 6.09 Å². The molecule has 0 aromatic heterocycles. The maximum absolute atomic E-state index is 14.8. The largest absolute Gasteiger partial charge is 0.444 e. The molecule has 0 heterocycles. The Morgan fingerprint density at radius 3 is 1.72 bits per heavy atom. The number of aliphatic hydroxyl groups excluding tert-OH is 2. The summed E-state index contributed by atoms with van der Waals surface area (Å²) >= 11 is 0. The van der Waals surface area contributed by atoms with Gasteiger partial charge in [0.25, 0.3) is 0 Å². The van der Waals surface area contributed by atoms with E-state index in [1.54, 1.807) is 20.8 Å². The van der Waals surface area contributed by atoms with E-state index in [-0.39, 0.29) is 19.6 Å². The van der Waals surface area contributed by atoms with Crippen LogP contribution in [-0.2, 0) is 35.6 Å². The number of aliphatic hydroxyl groups is 2. The predicted octanol–water partition coefficient (Wildman–Crippen LogP) is 8.56. The third-order valence-corrected chi connectivity index (χ3v) is 9.04. The SMILES string of the molecule is CC(C)CC[C@H](O)CN(C(=O)OC(C)(C)C)[C@H](CO)[C@@H](OCc1ccccc1)[C@H](Cc1cc(F)cc(F)c1)N(Cc1ccccc1)Cc1ccccc1. The Labute approximate surface area is 314 Å². The van der Waals surface area contributed by atoms with Gasteiger partial charge in [-0.1, -0.05) is 105 Å². The second-order valence-electron chi connectivity index (χ2n) is 15.2. The Kier molecular flexibility index (Phi) is 16.0. The summed E-state index contributed by atoms with van der Waals surface area (Å²) in [6.07, 6.45) is -1.27. The van der Waals surface area contributed by atoms with E-state index in [1.165, 1.54) is 17.0 Å². The number of carbonyl (C=O) groups is 1. The molecule has 0 aliphatic heterocycles. The summed E-state index contributed by atoms with van der Waals surface area (Å²) in [5, 5.41) is 22.7. The van der Waals surface area contributed by atoms with Crippen LogP contribution in [0.1, 0.15) is 69.7 Å². The highest BCUT2D eigenvalue weighted by Crippen LogP contribution is 2.28. The van der Waals surface area contributed by atoms with E-state index < -0.39 is 54.2 Å². The van der Waals surface area contributed by atoms with Crippen LogP contribution in [0.25, 0.3) is 0 Å². The molecule has 0 unspecified atom stereocenters. The maximum atomic E-state index is 14.8. The van der Waals surface area contributed by atoms with E-state index in [0.717, 1.165) is 29.2 Å². The monoisotopic (exact) mass is 730 g/mol. The van der Waals surface area contributed by atoms with E-state index in [0.29, 0.717) is 31.0 Å². The molecule has 1 amide bonds. The number of nitrogens with zero attached hydrogens (tertiary/aromatic N) is 2. The summed E-state index contributed by atoms with van der Waals surface area (Å²) in [5.74, 6) is -1.09. The number of halogens is 2. The number of amides is 1. The molecule has 0 spiro atoms. The lowest BCUT2D eigenvalue weighted by atomic mass is 9.92. The molecule has 4 rings (SSSR count). The summed E-state index contributed by atoms with van der Waals surface area (Å²) in [6, 6.07) is 31.1. The van der Waals surface area contributed by atoms with Crippen LogP contribution in [0, 0.1) is 17.6 Å². The van der Waals surface area contributed by atoms with E-state index in [4.69, 9.17) is 9.47 Å². The van der Waals surface area contributed by atoms with E-state index in [1.807, 2.05) is 91.0 Å².